The Morgan fingerprint density at radius 3 is 2.36 bits per heavy atom. The standard InChI is InChI=1S/C6H13N3S2/c1-8-2-4-9(5-3-8)11-6(7)10/h2-5H2,1H3,(H2,7,10). The smallest absolute Gasteiger partial charge is 0.146 e. The fourth-order valence-electron chi connectivity index (χ4n) is 1.01. The van der Waals surface area contributed by atoms with Crippen LogP contribution in [0.25, 0.3) is 0 Å². The number of thiocarbonyl (C=S) groups is 1. The summed E-state index contributed by atoms with van der Waals surface area (Å²) >= 11 is 6.28. The van der Waals surface area contributed by atoms with Gasteiger partial charge in [0.2, 0.25) is 0 Å². The maximum Gasteiger partial charge on any atom is 0.146 e. The second-order valence-corrected chi connectivity index (χ2v) is 4.48. The van der Waals surface area contributed by atoms with Gasteiger partial charge in [0.1, 0.15) is 4.32 Å². The average Bonchev–Trinajstić information content (AvgIpc) is 1.93. The molecular formula is C6H13N3S2. The van der Waals surface area contributed by atoms with E-state index >= 15 is 0 Å². The minimum absolute atomic E-state index is 0.523. The van der Waals surface area contributed by atoms with Crippen molar-refractivity contribution in [3.63, 3.8) is 0 Å². The number of hydrogen-bond donors (Lipinski definition) is 1. The van der Waals surface area contributed by atoms with Gasteiger partial charge in [-0.15, -0.1) is 0 Å². The van der Waals surface area contributed by atoms with Crippen molar-refractivity contribution in [2.24, 2.45) is 5.73 Å². The van der Waals surface area contributed by atoms with Crippen molar-refractivity contribution in [3.05, 3.63) is 0 Å². The van der Waals surface area contributed by atoms with Crippen molar-refractivity contribution in [1.29, 1.82) is 0 Å². The molecule has 64 valence electrons. The number of hydrogen-bond acceptors (Lipinski definition) is 4. The van der Waals surface area contributed by atoms with E-state index in [1.165, 1.54) is 11.9 Å². The summed E-state index contributed by atoms with van der Waals surface area (Å²) in [4.78, 5) is 2.30. The first-order valence-electron chi connectivity index (χ1n) is 3.59. The van der Waals surface area contributed by atoms with E-state index in [1.54, 1.807) is 0 Å². The van der Waals surface area contributed by atoms with E-state index in [9.17, 15) is 0 Å². The van der Waals surface area contributed by atoms with Gasteiger partial charge in [0.05, 0.1) is 0 Å². The third-order valence-corrected chi connectivity index (χ3v) is 2.71. The normalized spacial score (nSPS) is 21.9. The number of rotatable bonds is 1. The molecule has 0 saturated carbocycles. The van der Waals surface area contributed by atoms with Gasteiger partial charge >= 0.3 is 0 Å². The lowest BCUT2D eigenvalue weighted by atomic mass is 10.4. The Labute approximate surface area is 77.0 Å². The summed E-state index contributed by atoms with van der Waals surface area (Å²) in [6, 6.07) is 0. The van der Waals surface area contributed by atoms with Gasteiger partial charge in [0, 0.05) is 26.2 Å². The molecule has 0 aromatic rings. The van der Waals surface area contributed by atoms with Crippen LogP contribution in [0.5, 0.6) is 0 Å². The van der Waals surface area contributed by atoms with Crippen molar-refractivity contribution in [3.8, 4) is 0 Å². The second-order valence-electron chi connectivity index (χ2n) is 2.64. The zero-order valence-corrected chi connectivity index (χ0v) is 8.25. The van der Waals surface area contributed by atoms with Crippen molar-refractivity contribution < 1.29 is 0 Å². The van der Waals surface area contributed by atoms with Crippen LogP contribution in [-0.4, -0.2) is 46.8 Å². The molecule has 0 aromatic carbocycles. The van der Waals surface area contributed by atoms with E-state index < -0.39 is 0 Å². The molecule has 3 nitrogen and oxygen atoms in total. The van der Waals surface area contributed by atoms with E-state index in [-0.39, 0.29) is 0 Å². The van der Waals surface area contributed by atoms with Crippen LogP contribution in [0.1, 0.15) is 0 Å². The Morgan fingerprint density at radius 1 is 1.36 bits per heavy atom. The summed E-state index contributed by atoms with van der Waals surface area (Å²) in [6.07, 6.45) is 0. The molecule has 0 aliphatic carbocycles. The quantitative estimate of drug-likeness (QED) is 0.470. The van der Waals surface area contributed by atoms with Crippen molar-refractivity contribution in [1.82, 2.24) is 9.21 Å². The highest BCUT2D eigenvalue weighted by molar-refractivity contribution is 8.21. The predicted octanol–water partition coefficient (Wildman–Crippen LogP) is 0.126. The van der Waals surface area contributed by atoms with Gasteiger partial charge < -0.3 is 10.6 Å². The molecule has 0 spiro atoms. The zero-order valence-electron chi connectivity index (χ0n) is 6.62. The molecule has 0 amide bonds. The van der Waals surface area contributed by atoms with Crippen LogP contribution in [0.2, 0.25) is 0 Å². The second kappa shape index (κ2) is 4.25. The summed E-state index contributed by atoms with van der Waals surface area (Å²) in [5.41, 5.74) is 5.40. The molecule has 0 atom stereocenters. The predicted molar refractivity (Wildman–Crippen MR) is 53.4 cm³/mol. The van der Waals surface area contributed by atoms with E-state index in [4.69, 9.17) is 18.0 Å². The molecule has 1 saturated heterocycles. The molecule has 1 aliphatic heterocycles. The fraction of sp³-hybridized carbons (Fsp3) is 0.833. The largest absolute Gasteiger partial charge is 0.384 e. The first-order valence-corrected chi connectivity index (χ1v) is 4.77. The molecule has 1 fully saturated rings. The van der Waals surface area contributed by atoms with Crippen LogP contribution in [-0.2, 0) is 0 Å². The van der Waals surface area contributed by atoms with Crippen LogP contribution in [0, 0.1) is 0 Å². The lowest BCUT2D eigenvalue weighted by Crippen LogP contribution is -2.41. The van der Waals surface area contributed by atoms with Crippen LogP contribution in [0.3, 0.4) is 0 Å². The maximum atomic E-state index is 5.40. The van der Waals surface area contributed by atoms with Crippen LogP contribution in [0.4, 0.5) is 0 Å². The SMILES string of the molecule is CN1CCN(SC(N)=S)CC1. The third kappa shape index (κ3) is 3.37. The minimum Gasteiger partial charge on any atom is -0.384 e. The van der Waals surface area contributed by atoms with Gasteiger partial charge in [-0.1, -0.05) is 12.2 Å². The molecule has 0 radical (unpaired) electrons. The van der Waals surface area contributed by atoms with E-state index in [0.29, 0.717) is 4.32 Å². The molecule has 0 unspecified atom stereocenters. The first kappa shape index (κ1) is 9.25. The lowest BCUT2D eigenvalue weighted by Gasteiger charge is -2.30. The van der Waals surface area contributed by atoms with Gasteiger partial charge in [-0.05, 0) is 19.0 Å². The first-order chi connectivity index (χ1) is 5.18. The molecule has 2 N–H and O–H groups in total. The van der Waals surface area contributed by atoms with Crippen LogP contribution < -0.4 is 5.73 Å². The zero-order chi connectivity index (χ0) is 8.27. The number of nitrogens with two attached hydrogens (primary N) is 1. The monoisotopic (exact) mass is 191 g/mol. The van der Waals surface area contributed by atoms with E-state index in [0.717, 1.165) is 26.2 Å². The fourth-order valence-corrected chi connectivity index (χ4v) is 1.92. The van der Waals surface area contributed by atoms with Crippen LogP contribution in [0.15, 0.2) is 0 Å². The summed E-state index contributed by atoms with van der Waals surface area (Å²) in [7, 11) is 2.13. The molecule has 0 aromatic heterocycles. The average molecular weight is 191 g/mol. The summed E-state index contributed by atoms with van der Waals surface area (Å²) < 4.78 is 2.73. The highest BCUT2D eigenvalue weighted by atomic mass is 32.2. The molecule has 5 heteroatoms. The third-order valence-electron chi connectivity index (χ3n) is 1.68. The molecule has 1 rings (SSSR count). The van der Waals surface area contributed by atoms with Gasteiger partial charge in [0.15, 0.2) is 0 Å². The van der Waals surface area contributed by atoms with Crippen molar-refractivity contribution in [2.75, 3.05) is 33.2 Å². The van der Waals surface area contributed by atoms with Gasteiger partial charge in [-0.2, -0.15) is 0 Å². The molecule has 0 bridgehead atoms. The lowest BCUT2D eigenvalue weighted by molar-refractivity contribution is 0.234. The highest BCUT2D eigenvalue weighted by Gasteiger charge is 2.14. The molecule has 11 heavy (non-hydrogen) atoms. The number of likely N-dealkylation sites (N-methyl/N-ethyl adjacent to an activating group) is 1. The summed E-state index contributed by atoms with van der Waals surface area (Å²) in [5, 5.41) is 0. The van der Waals surface area contributed by atoms with Gasteiger partial charge in [0.25, 0.3) is 0 Å². The Balaban J connectivity index is 2.22. The van der Waals surface area contributed by atoms with E-state index in [2.05, 4.69) is 16.3 Å². The summed E-state index contributed by atoms with van der Waals surface area (Å²) in [6.45, 7) is 4.32. The molecular weight excluding hydrogens is 178 g/mol. The van der Waals surface area contributed by atoms with Gasteiger partial charge in [-0.3, -0.25) is 0 Å². The molecule has 1 aliphatic rings. The molecule has 1 heterocycles. The highest BCUT2D eigenvalue weighted by Crippen LogP contribution is 2.11. The van der Waals surface area contributed by atoms with Crippen molar-refractivity contribution >= 4 is 28.5 Å². The Hall–Kier alpha value is 0.160. The maximum absolute atomic E-state index is 5.40. The number of piperazine rings is 1. The van der Waals surface area contributed by atoms with E-state index in [1.807, 2.05) is 0 Å². The van der Waals surface area contributed by atoms with Crippen molar-refractivity contribution in [2.45, 2.75) is 0 Å². The van der Waals surface area contributed by atoms with Crippen LogP contribution >= 0.6 is 24.2 Å². The Kier molecular flexibility index (Phi) is 3.58. The van der Waals surface area contributed by atoms with Gasteiger partial charge in [-0.25, -0.2) is 4.31 Å². The minimum atomic E-state index is 0.523. The summed E-state index contributed by atoms with van der Waals surface area (Å²) in [5.74, 6) is 0. The Bertz CT molecular complexity index is 143. The number of nitrogens with zero attached hydrogens (tertiary/aromatic N) is 2. The Morgan fingerprint density at radius 2 is 1.91 bits per heavy atom. The topological polar surface area (TPSA) is 32.5 Å².